The lowest BCUT2D eigenvalue weighted by molar-refractivity contribution is -0.279. The van der Waals surface area contributed by atoms with E-state index in [9.17, 15) is 27.9 Å². The van der Waals surface area contributed by atoms with Crippen LogP contribution < -0.4 is 0 Å². The zero-order chi connectivity index (χ0) is 23.4. The van der Waals surface area contributed by atoms with Crippen LogP contribution >= 0.6 is 0 Å². The summed E-state index contributed by atoms with van der Waals surface area (Å²) >= 11 is 0. The van der Waals surface area contributed by atoms with Crippen molar-refractivity contribution in [1.82, 2.24) is 9.78 Å². The molecule has 1 aromatic heterocycles. The fraction of sp³-hybridized carbons (Fsp3) is 0.440. The van der Waals surface area contributed by atoms with E-state index < -0.39 is 29.5 Å². The predicted molar refractivity (Wildman–Crippen MR) is 114 cm³/mol. The number of nitrogens with zero attached hydrogens (tertiary/aromatic N) is 3. The van der Waals surface area contributed by atoms with Crippen LogP contribution in [-0.4, -0.2) is 26.7 Å². The third-order valence-corrected chi connectivity index (χ3v) is 7.67. The molecule has 1 saturated carbocycles. The molecule has 2 aliphatic rings. The van der Waals surface area contributed by atoms with Crippen molar-refractivity contribution in [3.05, 3.63) is 59.5 Å². The lowest BCUT2D eigenvalue weighted by atomic mass is 9.56. The number of hydrogen-bond donors (Lipinski definition) is 1. The molecule has 172 valence electrons. The molecule has 3 unspecified atom stereocenters. The van der Waals surface area contributed by atoms with E-state index in [1.54, 1.807) is 23.0 Å². The van der Waals surface area contributed by atoms with Crippen LogP contribution in [0.1, 0.15) is 49.7 Å². The second-order valence-electron chi connectivity index (χ2n) is 9.41. The molecule has 8 heteroatoms. The van der Waals surface area contributed by atoms with E-state index in [0.717, 1.165) is 22.0 Å². The van der Waals surface area contributed by atoms with Crippen molar-refractivity contribution in [2.45, 2.75) is 62.1 Å². The lowest BCUT2D eigenvalue weighted by Crippen LogP contribution is -2.54. The highest BCUT2D eigenvalue weighted by Crippen LogP contribution is 2.57. The second-order valence-corrected chi connectivity index (χ2v) is 9.41. The van der Waals surface area contributed by atoms with Gasteiger partial charge in [0.25, 0.3) is 0 Å². The molecule has 1 N–H and O–H groups in total. The van der Waals surface area contributed by atoms with Crippen LogP contribution in [0.25, 0.3) is 16.6 Å². The molecule has 0 amide bonds. The number of aliphatic hydroxyl groups is 1. The van der Waals surface area contributed by atoms with Crippen LogP contribution in [0.15, 0.2) is 42.6 Å². The zero-order valence-electron chi connectivity index (χ0n) is 17.9. The van der Waals surface area contributed by atoms with E-state index in [1.165, 1.54) is 12.1 Å². The minimum atomic E-state index is -4.69. The summed E-state index contributed by atoms with van der Waals surface area (Å²) in [6.07, 6.45) is -1.72. The van der Waals surface area contributed by atoms with Crippen LogP contribution in [0.5, 0.6) is 0 Å². The number of hydrogen-bond acceptors (Lipinski definition) is 3. The smallest absolute Gasteiger partial charge is 0.380 e. The van der Waals surface area contributed by atoms with Crippen molar-refractivity contribution >= 4 is 10.9 Å². The minimum Gasteiger partial charge on any atom is -0.380 e. The fourth-order valence-electron chi connectivity index (χ4n) is 5.91. The molecule has 4 nitrogen and oxygen atoms in total. The van der Waals surface area contributed by atoms with E-state index in [0.29, 0.717) is 24.9 Å². The molecule has 5 rings (SSSR count). The van der Waals surface area contributed by atoms with Gasteiger partial charge in [0.05, 0.1) is 23.5 Å². The molecule has 2 aliphatic carbocycles. The van der Waals surface area contributed by atoms with Crippen molar-refractivity contribution in [2.24, 2.45) is 5.92 Å². The standard InChI is InChI=1S/C25H23F4N3O/c26-19-4-6-20(7-5-19)32-22-13-16-2-1-3-18-14-24(33,25(27,28)29)9-8-23(18,10-11-30)21(16)12-17(22)15-31-32/h4-7,12-13,15,18,33H,1-3,8-10,14H2. The Kier molecular flexibility index (Phi) is 5.02. The van der Waals surface area contributed by atoms with Crippen LogP contribution in [0.3, 0.4) is 0 Å². The number of benzene rings is 2. The van der Waals surface area contributed by atoms with Gasteiger partial charge in [-0.2, -0.15) is 23.5 Å². The predicted octanol–water partition coefficient (Wildman–Crippen LogP) is 5.75. The maximum atomic E-state index is 13.6. The normalized spacial score (nSPS) is 27.5. The largest absolute Gasteiger partial charge is 0.417 e. The van der Waals surface area contributed by atoms with E-state index in [2.05, 4.69) is 11.2 Å². The van der Waals surface area contributed by atoms with Gasteiger partial charge in [0, 0.05) is 17.2 Å². The van der Waals surface area contributed by atoms with Gasteiger partial charge in [-0.1, -0.05) is 0 Å². The molecule has 3 aromatic rings. The lowest BCUT2D eigenvalue weighted by Gasteiger charge is -2.49. The first-order valence-electron chi connectivity index (χ1n) is 11.1. The van der Waals surface area contributed by atoms with Gasteiger partial charge in [-0.05, 0) is 92.0 Å². The minimum absolute atomic E-state index is 0.103. The molecule has 3 atom stereocenters. The quantitative estimate of drug-likeness (QED) is 0.499. The van der Waals surface area contributed by atoms with Gasteiger partial charge >= 0.3 is 6.18 Å². The zero-order valence-corrected chi connectivity index (χ0v) is 17.9. The molecule has 0 radical (unpaired) electrons. The number of aromatic nitrogens is 2. The number of nitriles is 1. The SMILES string of the molecule is N#CCC12CCC(O)(C(F)(F)F)CC1CCCc1cc3c(cnn3-c3ccc(F)cc3)cc12. The van der Waals surface area contributed by atoms with Crippen LogP contribution in [0, 0.1) is 23.1 Å². The summed E-state index contributed by atoms with van der Waals surface area (Å²) in [5.74, 6) is -0.784. The van der Waals surface area contributed by atoms with Crippen molar-refractivity contribution in [2.75, 3.05) is 0 Å². The van der Waals surface area contributed by atoms with Crippen LogP contribution in [0.2, 0.25) is 0 Å². The van der Waals surface area contributed by atoms with Gasteiger partial charge in [0.15, 0.2) is 5.60 Å². The van der Waals surface area contributed by atoms with Crippen LogP contribution in [0.4, 0.5) is 17.6 Å². The first-order valence-corrected chi connectivity index (χ1v) is 11.1. The Morgan fingerprint density at radius 3 is 2.64 bits per heavy atom. The molecule has 1 heterocycles. The molecular weight excluding hydrogens is 434 g/mol. The molecule has 0 saturated heterocycles. The molecular formula is C25H23F4N3O. The number of rotatable bonds is 2. The van der Waals surface area contributed by atoms with Gasteiger partial charge < -0.3 is 5.11 Å². The maximum Gasteiger partial charge on any atom is 0.417 e. The highest BCUT2D eigenvalue weighted by molar-refractivity contribution is 5.82. The van der Waals surface area contributed by atoms with E-state index >= 15 is 0 Å². The molecule has 1 fully saturated rings. The van der Waals surface area contributed by atoms with E-state index in [4.69, 9.17) is 0 Å². The summed E-state index contributed by atoms with van der Waals surface area (Å²) in [4.78, 5) is 0. The number of alkyl halides is 3. The topological polar surface area (TPSA) is 61.8 Å². The molecule has 0 aliphatic heterocycles. The summed E-state index contributed by atoms with van der Waals surface area (Å²) in [7, 11) is 0. The first kappa shape index (κ1) is 21.9. The Balaban J connectivity index is 1.63. The highest BCUT2D eigenvalue weighted by Gasteiger charge is 2.60. The summed E-state index contributed by atoms with van der Waals surface area (Å²) < 4.78 is 56.0. The summed E-state index contributed by atoms with van der Waals surface area (Å²) in [5, 5.41) is 25.4. The third-order valence-electron chi connectivity index (χ3n) is 7.67. The van der Waals surface area contributed by atoms with Crippen molar-refractivity contribution in [1.29, 1.82) is 5.26 Å². The Hall–Kier alpha value is -2.92. The molecule has 33 heavy (non-hydrogen) atoms. The van der Waals surface area contributed by atoms with Gasteiger partial charge in [0.2, 0.25) is 0 Å². The Labute approximate surface area is 188 Å². The van der Waals surface area contributed by atoms with Gasteiger partial charge in [0.1, 0.15) is 5.82 Å². The second kappa shape index (κ2) is 7.56. The number of aryl methyl sites for hydroxylation is 1. The summed E-state index contributed by atoms with van der Waals surface area (Å²) in [5.41, 5.74) is -0.00219. The molecule has 0 bridgehead atoms. The number of halogens is 4. The van der Waals surface area contributed by atoms with Crippen molar-refractivity contribution < 1.29 is 22.7 Å². The average molecular weight is 457 g/mol. The molecule has 0 spiro atoms. The van der Waals surface area contributed by atoms with Gasteiger partial charge in [-0.3, -0.25) is 0 Å². The Bertz CT molecular complexity index is 1240. The van der Waals surface area contributed by atoms with Crippen molar-refractivity contribution in [3.63, 3.8) is 0 Å². The highest BCUT2D eigenvalue weighted by atomic mass is 19.4. The first-order chi connectivity index (χ1) is 15.7. The van der Waals surface area contributed by atoms with Crippen LogP contribution in [-0.2, 0) is 11.8 Å². The fourth-order valence-corrected chi connectivity index (χ4v) is 5.91. The van der Waals surface area contributed by atoms with Crippen molar-refractivity contribution in [3.8, 4) is 11.8 Å². The Morgan fingerprint density at radius 1 is 1.18 bits per heavy atom. The maximum absolute atomic E-state index is 13.6. The average Bonchev–Trinajstić information content (AvgIpc) is 3.11. The number of fused-ring (bicyclic) bond motifs is 4. The summed E-state index contributed by atoms with van der Waals surface area (Å²) in [6, 6.07) is 12.2. The molecule has 2 aromatic carbocycles. The Morgan fingerprint density at radius 2 is 1.94 bits per heavy atom. The van der Waals surface area contributed by atoms with E-state index in [1.807, 2.05) is 12.1 Å². The monoisotopic (exact) mass is 457 g/mol. The third kappa shape index (κ3) is 3.41. The van der Waals surface area contributed by atoms with E-state index in [-0.39, 0.29) is 25.1 Å². The van der Waals surface area contributed by atoms with Gasteiger partial charge in [-0.25, -0.2) is 9.07 Å². The summed E-state index contributed by atoms with van der Waals surface area (Å²) in [6.45, 7) is 0. The van der Waals surface area contributed by atoms with Gasteiger partial charge in [-0.15, -0.1) is 0 Å².